The topological polar surface area (TPSA) is 66.5 Å². The zero-order valence-electron chi connectivity index (χ0n) is 20.5. The average molecular weight is 485 g/mol. The molecule has 0 atom stereocenters. The van der Waals surface area contributed by atoms with Crippen molar-refractivity contribution in [2.45, 2.75) is 57.3 Å². The molecule has 0 bridgehead atoms. The molecule has 1 amide bonds. The highest BCUT2D eigenvalue weighted by Crippen LogP contribution is 2.36. The second kappa shape index (κ2) is 12.3. The third-order valence-electron chi connectivity index (χ3n) is 7.52. The highest BCUT2D eigenvalue weighted by atomic mass is 35.5. The van der Waals surface area contributed by atoms with E-state index in [1.54, 1.807) is 20.8 Å². The zero-order chi connectivity index (χ0) is 23.9. The summed E-state index contributed by atoms with van der Waals surface area (Å²) in [4.78, 5) is 37.2. The fraction of sp³-hybridized carbons (Fsp3) is 0.464. The van der Waals surface area contributed by atoms with Gasteiger partial charge >= 0.3 is 0 Å². The predicted molar refractivity (Wildman–Crippen MR) is 138 cm³/mol. The molecular weight excluding hydrogens is 448 g/mol. The number of nitrogens with one attached hydrogen (secondary N) is 1. The molecule has 0 spiro atoms. The Hall–Kier alpha value is -2.50. The molecule has 0 radical (unpaired) electrons. The minimum Gasteiger partial charge on any atom is -0.343 e. The van der Waals surface area contributed by atoms with Crippen molar-refractivity contribution < 1.29 is 14.4 Å². The van der Waals surface area contributed by atoms with Gasteiger partial charge in [0, 0.05) is 20.0 Å². The van der Waals surface area contributed by atoms with Gasteiger partial charge in [0.05, 0.1) is 10.8 Å². The van der Waals surface area contributed by atoms with Gasteiger partial charge in [-0.15, -0.1) is 12.4 Å². The van der Waals surface area contributed by atoms with E-state index in [9.17, 15) is 14.4 Å². The molecule has 2 heterocycles. The number of hydrogen-bond acceptors (Lipinski definition) is 4. The van der Waals surface area contributed by atoms with Gasteiger partial charge in [-0.1, -0.05) is 60.7 Å². The Morgan fingerprint density at radius 1 is 0.676 bits per heavy atom. The Labute approximate surface area is 209 Å². The van der Waals surface area contributed by atoms with E-state index in [-0.39, 0.29) is 29.5 Å². The van der Waals surface area contributed by atoms with Gasteiger partial charge in [0.1, 0.15) is 11.6 Å². The summed E-state index contributed by atoms with van der Waals surface area (Å²) < 4.78 is 0. The van der Waals surface area contributed by atoms with Crippen molar-refractivity contribution in [3.05, 3.63) is 71.8 Å². The summed E-state index contributed by atoms with van der Waals surface area (Å²) >= 11 is 0. The van der Waals surface area contributed by atoms with Crippen molar-refractivity contribution >= 4 is 29.9 Å². The molecule has 0 aromatic heterocycles. The quantitative estimate of drug-likeness (QED) is 0.695. The number of ketones is 2. The molecule has 184 valence electrons. The number of carbonyl (C=O) groups excluding carboxylic acids is 3. The maximum absolute atomic E-state index is 12.1. The summed E-state index contributed by atoms with van der Waals surface area (Å²) in [5, 5.41) is 3.31. The molecule has 0 unspecified atom stereocenters. The van der Waals surface area contributed by atoms with Gasteiger partial charge in [-0.25, -0.2) is 0 Å². The minimum atomic E-state index is -0.396. The minimum absolute atomic E-state index is 0. The Kier molecular flexibility index (Phi) is 10.0. The molecule has 2 aromatic carbocycles. The maximum Gasteiger partial charge on any atom is 0.219 e. The standard InChI is InChI=1S/C15H19NO2.C13H17NO.ClH/c1-12(17)15(14-6-4-3-5-7-14)8-10-16(11-9-15)13(2)18;1-11(15)13(7-9-14-10-8-13)12-5-3-2-4-6-12;/h3-7H,8-11H2,1-2H3;2-6,14H,7-10H2,1H3;1H. The van der Waals surface area contributed by atoms with E-state index in [2.05, 4.69) is 17.4 Å². The first kappa shape index (κ1) is 27.7. The summed E-state index contributed by atoms with van der Waals surface area (Å²) in [6.45, 7) is 8.19. The van der Waals surface area contributed by atoms with Crippen LogP contribution in [-0.2, 0) is 25.2 Å². The SMILES string of the molecule is CC(=O)C1(c2ccccc2)CCNCC1.CC(=O)N1CCC(C(C)=O)(c2ccccc2)CC1.Cl. The second-order valence-electron chi connectivity index (χ2n) is 9.26. The van der Waals surface area contributed by atoms with E-state index >= 15 is 0 Å². The largest absolute Gasteiger partial charge is 0.343 e. The first-order chi connectivity index (χ1) is 15.8. The predicted octanol–water partition coefficient (Wildman–Crippen LogP) is 4.47. The highest BCUT2D eigenvalue weighted by molar-refractivity contribution is 5.89. The summed E-state index contributed by atoms with van der Waals surface area (Å²) in [6, 6.07) is 20.1. The summed E-state index contributed by atoms with van der Waals surface area (Å²) in [7, 11) is 0. The molecule has 2 fully saturated rings. The van der Waals surface area contributed by atoms with E-state index in [4.69, 9.17) is 0 Å². The number of nitrogens with zero attached hydrogens (tertiary/aromatic N) is 1. The number of amides is 1. The van der Waals surface area contributed by atoms with Gasteiger partial charge < -0.3 is 10.2 Å². The Balaban J connectivity index is 0.000000237. The van der Waals surface area contributed by atoms with E-state index in [1.807, 2.05) is 53.4 Å². The van der Waals surface area contributed by atoms with Crippen LogP contribution >= 0.6 is 12.4 Å². The number of likely N-dealkylation sites (tertiary alicyclic amines) is 1. The molecular formula is C28H37ClN2O3. The van der Waals surface area contributed by atoms with Crippen molar-refractivity contribution in [2.24, 2.45) is 0 Å². The van der Waals surface area contributed by atoms with Crippen molar-refractivity contribution in [1.82, 2.24) is 10.2 Å². The molecule has 6 heteroatoms. The zero-order valence-corrected chi connectivity index (χ0v) is 21.3. The smallest absolute Gasteiger partial charge is 0.219 e. The number of benzene rings is 2. The van der Waals surface area contributed by atoms with Crippen LogP contribution in [0.15, 0.2) is 60.7 Å². The molecule has 34 heavy (non-hydrogen) atoms. The molecule has 2 aliphatic rings. The summed E-state index contributed by atoms with van der Waals surface area (Å²) in [6.07, 6.45) is 3.30. The fourth-order valence-electron chi connectivity index (χ4n) is 5.26. The van der Waals surface area contributed by atoms with Crippen LogP contribution < -0.4 is 5.32 Å². The number of piperidine rings is 2. The highest BCUT2D eigenvalue weighted by Gasteiger charge is 2.41. The lowest BCUT2D eigenvalue weighted by atomic mass is 9.70. The number of halogens is 1. The molecule has 2 saturated heterocycles. The van der Waals surface area contributed by atoms with E-state index in [1.165, 1.54) is 5.56 Å². The Morgan fingerprint density at radius 3 is 1.41 bits per heavy atom. The first-order valence-corrected chi connectivity index (χ1v) is 11.9. The normalized spacial score (nSPS) is 18.5. The van der Waals surface area contributed by atoms with Gasteiger partial charge in [0.15, 0.2) is 0 Å². The van der Waals surface area contributed by atoms with Crippen LogP contribution in [0, 0.1) is 0 Å². The molecule has 4 rings (SSSR count). The van der Waals surface area contributed by atoms with Gasteiger partial charge in [0.2, 0.25) is 5.91 Å². The van der Waals surface area contributed by atoms with E-state index in [0.29, 0.717) is 18.9 Å². The van der Waals surface area contributed by atoms with Crippen LogP contribution in [0.4, 0.5) is 0 Å². The maximum atomic E-state index is 12.1. The third-order valence-corrected chi connectivity index (χ3v) is 7.52. The van der Waals surface area contributed by atoms with Crippen LogP contribution in [0.3, 0.4) is 0 Å². The Bertz CT molecular complexity index is 948. The van der Waals surface area contributed by atoms with Crippen LogP contribution in [0.2, 0.25) is 0 Å². The average Bonchev–Trinajstić information content (AvgIpc) is 2.85. The number of hydrogen-bond donors (Lipinski definition) is 1. The van der Waals surface area contributed by atoms with E-state index < -0.39 is 5.41 Å². The fourth-order valence-corrected chi connectivity index (χ4v) is 5.26. The van der Waals surface area contributed by atoms with Crippen LogP contribution in [-0.4, -0.2) is 48.6 Å². The summed E-state index contributed by atoms with van der Waals surface area (Å²) in [5.74, 6) is 0.604. The van der Waals surface area contributed by atoms with Gasteiger partial charge in [0.25, 0.3) is 0 Å². The lowest BCUT2D eigenvalue weighted by Crippen LogP contribution is -2.47. The molecule has 5 nitrogen and oxygen atoms in total. The lowest BCUT2D eigenvalue weighted by molar-refractivity contribution is -0.133. The monoisotopic (exact) mass is 484 g/mol. The van der Waals surface area contributed by atoms with E-state index in [0.717, 1.165) is 44.3 Å². The molecule has 2 aliphatic heterocycles. The number of rotatable bonds is 4. The van der Waals surface area contributed by atoms with Crippen molar-refractivity contribution in [1.29, 1.82) is 0 Å². The van der Waals surface area contributed by atoms with Crippen LogP contribution in [0.5, 0.6) is 0 Å². The van der Waals surface area contributed by atoms with Gasteiger partial charge in [-0.2, -0.15) is 0 Å². The molecule has 0 saturated carbocycles. The third kappa shape index (κ3) is 5.94. The van der Waals surface area contributed by atoms with Gasteiger partial charge in [-0.3, -0.25) is 14.4 Å². The molecule has 1 N–H and O–H groups in total. The molecule has 2 aromatic rings. The first-order valence-electron chi connectivity index (χ1n) is 11.9. The second-order valence-corrected chi connectivity index (χ2v) is 9.26. The number of carbonyl (C=O) groups is 3. The molecule has 0 aliphatic carbocycles. The van der Waals surface area contributed by atoms with Crippen molar-refractivity contribution in [2.75, 3.05) is 26.2 Å². The lowest BCUT2D eigenvalue weighted by Gasteiger charge is -2.40. The summed E-state index contributed by atoms with van der Waals surface area (Å²) in [5.41, 5.74) is 1.64. The van der Waals surface area contributed by atoms with Crippen LogP contribution in [0.1, 0.15) is 57.6 Å². The van der Waals surface area contributed by atoms with Crippen molar-refractivity contribution in [3.63, 3.8) is 0 Å². The van der Waals surface area contributed by atoms with Gasteiger partial charge in [-0.05, 0) is 63.7 Å². The van der Waals surface area contributed by atoms with Crippen molar-refractivity contribution in [3.8, 4) is 0 Å². The van der Waals surface area contributed by atoms with Crippen LogP contribution in [0.25, 0.3) is 0 Å². The Morgan fingerprint density at radius 2 is 1.06 bits per heavy atom. The number of Topliss-reactive ketones (excluding diaryl/α,β-unsaturated/α-hetero) is 2.